The summed E-state index contributed by atoms with van der Waals surface area (Å²) in [4.78, 5) is 4.34. The molecule has 0 aliphatic rings. The number of ether oxygens (including phenoxy) is 1. The van der Waals surface area contributed by atoms with Gasteiger partial charge in [-0.1, -0.05) is 29.7 Å². The van der Waals surface area contributed by atoms with Crippen LogP contribution in [0.25, 0.3) is 0 Å². The van der Waals surface area contributed by atoms with Crippen molar-refractivity contribution in [1.29, 1.82) is 0 Å². The first-order valence-electron chi connectivity index (χ1n) is 6.66. The molecule has 1 atom stereocenters. The molecule has 1 heterocycles. The van der Waals surface area contributed by atoms with Crippen LogP contribution in [0, 0.1) is 0 Å². The van der Waals surface area contributed by atoms with Crippen LogP contribution in [-0.4, -0.2) is 16.7 Å². The van der Waals surface area contributed by atoms with Crippen molar-refractivity contribution in [2.45, 2.75) is 32.9 Å². The van der Waals surface area contributed by atoms with Crippen LogP contribution in [0.5, 0.6) is 0 Å². The predicted molar refractivity (Wildman–Crippen MR) is 77.7 cm³/mol. The number of hydrogen-bond acceptors (Lipinski definition) is 5. The molecule has 1 N–H and O–H groups in total. The first-order valence-corrected chi connectivity index (χ1v) is 7.04. The minimum absolute atomic E-state index is 0.108. The second-order valence-electron chi connectivity index (χ2n) is 4.26. The van der Waals surface area contributed by atoms with Crippen LogP contribution >= 0.6 is 11.6 Å². The first kappa shape index (κ1) is 14.8. The Kier molecular flexibility index (Phi) is 5.38. The van der Waals surface area contributed by atoms with Crippen LogP contribution in [0.3, 0.4) is 0 Å². The fourth-order valence-electron chi connectivity index (χ4n) is 1.82. The van der Waals surface area contributed by atoms with Gasteiger partial charge in [-0.2, -0.15) is 4.98 Å². The fourth-order valence-corrected chi connectivity index (χ4v) is 2.01. The van der Waals surface area contributed by atoms with Crippen LogP contribution in [0.2, 0.25) is 5.02 Å². The largest absolute Gasteiger partial charge is 0.376 e. The fraction of sp³-hybridized carbons (Fsp3) is 0.429. The van der Waals surface area contributed by atoms with Crippen molar-refractivity contribution in [3.8, 4) is 0 Å². The highest BCUT2D eigenvalue weighted by Crippen LogP contribution is 2.19. The van der Waals surface area contributed by atoms with Crippen LogP contribution in [0.4, 0.5) is 5.69 Å². The summed E-state index contributed by atoms with van der Waals surface area (Å²) in [7, 11) is 0. The molecule has 1 unspecified atom stereocenters. The molecule has 1 aromatic heterocycles. The van der Waals surface area contributed by atoms with Gasteiger partial charge in [-0.3, -0.25) is 0 Å². The van der Waals surface area contributed by atoms with Crippen molar-refractivity contribution in [2.75, 3.05) is 11.9 Å². The number of anilines is 1. The molecule has 0 bridgehead atoms. The monoisotopic (exact) mass is 295 g/mol. The van der Waals surface area contributed by atoms with Gasteiger partial charge < -0.3 is 14.6 Å². The molecule has 0 radical (unpaired) electrons. The molecule has 6 heteroatoms. The van der Waals surface area contributed by atoms with E-state index in [4.69, 9.17) is 20.9 Å². The van der Waals surface area contributed by atoms with E-state index in [-0.39, 0.29) is 6.10 Å². The summed E-state index contributed by atoms with van der Waals surface area (Å²) in [6.45, 7) is 5.06. The molecule has 20 heavy (non-hydrogen) atoms. The molecule has 0 aliphatic carbocycles. The quantitative estimate of drug-likeness (QED) is 0.841. The molecule has 2 aromatic rings. The Labute approximate surface area is 123 Å². The molecule has 108 valence electrons. The van der Waals surface area contributed by atoms with Crippen LogP contribution in [-0.2, 0) is 11.3 Å². The van der Waals surface area contributed by atoms with E-state index in [2.05, 4.69) is 15.5 Å². The van der Waals surface area contributed by atoms with E-state index in [1.165, 1.54) is 0 Å². The van der Waals surface area contributed by atoms with Gasteiger partial charge in [0.2, 0.25) is 11.7 Å². The number of nitrogens with zero attached hydrogens (tertiary/aromatic N) is 2. The highest BCUT2D eigenvalue weighted by Gasteiger charge is 2.16. The summed E-state index contributed by atoms with van der Waals surface area (Å²) in [5.74, 6) is 1.12. The summed E-state index contributed by atoms with van der Waals surface area (Å²) >= 11 is 5.92. The van der Waals surface area contributed by atoms with E-state index in [1.807, 2.05) is 38.1 Å². The van der Waals surface area contributed by atoms with E-state index in [1.54, 1.807) is 0 Å². The van der Waals surface area contributed by atoms with Crippen LogP contribution in [0.15, 0.2) is 28.8 Å². The topological polar surface area (TPSA) is 60.2 Å². The van der Waals surface area contributed by atoms with Gasteiger partial charge in [0, 0.05) is 17.3 Å². The summed E-state index contributed by atoms with van der Waals surface area (Å²) in [5, 5.41) is 7.83. The molecular formula is C14H18ClN3O2. The average Bonchev–Trinajstić information content (AvgIpc) is 2.91. The lowest BCUT2D eigenvalue weighted by molar-refractivity contribution is 0.0518. The number of halogens is 1. The maximum Gasteiger partial charge on any atom is 0.246 e. The zero-order valence-electron chi connectivity index (χ0n) is 11.6. The molecular weight excluding hydrogens is 278 g/mol. The zero-order valence-corrected chi connectivity index (χ0v) is 12.4. The van der Waals surface area contributed by atoms with Gasteiger partial charge in [-0.15, -0.1) is 0 Å². The number of hydrogen-bond donors (Lipinski definition) is 1. The number of aromatic nitrogens is 2. The van der Waals surface area contributed by atoms with Crippen LogP contribution < -0.4 is 5.32 Å². The van der Waals surface area contributed by atoms with Gasteiger partial charge in [-0.25, -0.2) is 0 Å². The lowest BCUT2D eigenvalue weighted by atomic mass is 10.2. The highest BCUT2D eigenvalue weighted by atomic mass is 35.5. The Morgan fingerprint density at radius 1 is 1.40 bits per heavy atom. The lowest BCUT2D eigenvalue weighted by Crippen LogP contribution is -2.05. The van der Waals surface area contributed by atoms with Crippen molar-refractivity contribution in [3.63, 3.8) is 0 Å². The van der Waals surface area contributed by atoms with Crippen molar-refractivity contribution in [2.24, 2.45) is 0 Å². The smallest absolute Gasteiger partial charge is 0.246 e. The molecule has 0 spiro atoms. The second-order valence-corrected chi connectivity index (χ2v) is 4.70. The predicted octanol–water partition coefficient (Wildman–Crippen LogP) is 3.82. The van der Waals surface area contributed by atoms with E-state index in [0.717, 1.165) is 12.1 Å². The van der Waals surface area contributed by atoms with Crippen molar-refractivity contribution in [3.05, 3.63) is 41.0 Å². The average molecular weight is 296 g/mol. The first-order chi connectivity index (χ1) is 9.72. The van der Waals surface area contributed by atoms with E-state index in [0.29, 0.717) is 29.9 Å². The summed E-state index contributed by atoms with van der Waals surface area (Å²) in [5.41, 5.74) is 0.911. The SMILES string of the molecule is CCOC(CC)c1noc(CNc2cccc(Cl)c2)n1. The molecule has 1 aromatic carbocycles. The standard InChI is InChI=1S/C14H18ClN3O2/c1-3-12(19-4-2)14-17-13(20-18-14)9-16-11-7-5-6-10(15)8-11/h5-8,12,16H,3-4,9H2,1-2H3. The Morgan fingerprint density at radius 3 is 2.95 bits per heavy atom. The van der Waals surface area contributed by atoms with E-state index >= 15 is 0 Å². The van der Waals surface area contributed by atoms with Gasteiger partial charge >= 0.3 is 0 Å². The van der Waals surface area contributed by atoms with E-state index < -0.39 is 0 Å². The third kappa shape index (κ3) is 3.95. The van der Waals surface area contributed by atoms with Crippen molar-refractivity contribution < 1.29 is 9.26 Å². The zero-order chi connectivity index (χ0) is 14.4. The van der Waals surface area contributed by atoms with Crippen molar-refractivity contribution >= 4 is 17.3 Å². The number of rotatable bonds is 7. The van der Waals surface area contributed by atoms with Gasteiger partial charge in [0.1, 0.15) is 6.10 Å². The molecule has 2 rings (SSSR count). The molecule has 0 fully saturated rings. The maximum atomic E-state index is 5.92. The second kappa shape index (κ2) is 7.26. The molecule has 0 amide bonds. The normalized spacial score (nSPS) is 12.3. The van der Waals surface area contributed by atoms with Crippen LogP contribution in [0.1, 0.15) is 38.1 Å². The summed E-state index contributed by atoms with van der Waals surface area (Å²) in [6, 6.07) is 7.48. The Hall–Kier alpha value is -1.59. The van der Waals surface area contributed by atoms with E-state index in [9.17, 15) is 0 Å². The molecule has 0 aliphatic heterocycles. The molecule has 0 saturated heterocycles. The van der Waals surface area contributed by atoms with Crippen molar-refractivity contribution in [1.82, 2.24) is 10.1 Å². The summed E-state index contributed by atoms with van der Waals surface area (Å²) < 4.78 is 10.8. The van der Waals surface area contributed by atoms with Gasteiger partial charge in [-0.05, 0) is 31.5 Å². The van der Waals surface area contributed by atoms with Gasteiger partial charge in [0.15, 0.2) is 0 Å². The third-order valence-corrected chi connectivity index (χ3v) is 3.01. The minimum Gasteiger partial charge on any atom is -0.376 e. The lowest BCUT2D eigenvalue weighted by Gasteiger charge is -2.09. The molecule has 0 saturated carbocycles. The van der Waals surface area contributed by atoms with Gasteiger partial charge in [0.05, 0.1) is 6.54 Å². The molecule has 5 nitrogen and oxygen atoms in total. The number of benzene rings is 1. The number of nitrogens with one attached hydrogen (secondary N) is 1. The minimum atomic E-state index is -0.108. The Bertz CT molecular complexity index is 545. The maximum absolute atomic E-state index is 5.92. The van der Waals surface area contributed by atoms with Gasteiger partial charge in [0.25, 0.3) is 0 Å². The Morgan fingerprint density at radius 2 is 2.25 bits per heavy atom. The highest BCUT2D eigenvalue weighted by molar-refractivity contribution is 6.30. The third-order valence-electron chi connectivity index (χ3n) is 2.78. The Balaban J connectivity index is 1.95. The summed E-state index contributed by atoms with van der Waals surface area (Å²) in [6.07, 6.45) is 0.706.